The topological polar surface area (TPSA) is 74.3 Å². The first-order chi connectivity index (χ1) is 5.88. The second-order valence-corrected chi connectivity index (χ2v) is 2.41. The first-order valence-corrected chi connectivity index (χ1v) is 3.59. The van der Waals surface area contributed by atoms with E-state index >= 15 is 0 Å². The second-order valence-electron chi connectivity index (χ2n) is 2.41. The van der Waals surface area contributed by atoms with Crippen molar-refractivity contribution in [2.45, 2.75) is 0 Å². The zero-order valence-corrected chi connectivity index (χ0v) is 7.99. The van der Waals surface area contributed by atoms with Crippen molar-refractivity contribution < 1.29 is 5.48 Å². The lowest BCUT2D eigenvalue weighted by atomic mass is 10.1. The number of rotatable bonds is 0. The highest BCUT2D eigenvalue weighted by molar-refractivity contribution is 5.85. The number of fused-ring (bicyclic) bond motifs is 1. The van der Waals surface area contributed by atoms with Gasteiger partial charge < -0.3 is 5.48 Å². The van der Waals surface area contributed by atoms with E-state index in [4.69, 9.17) is 0 Å². The SMILES string of the molecule is Cl.O.O=c1cccc2nncccc1-2. The Morgan fingerprint density at radius 3 is 2.64 bits per heavy atom. The minimum absolute atomic E-state index is 0. The van der Waals surface area contributed by atoms with Crippen LogP contribution in [-0.4, -0.2) is 15.7 Å². The van der Waals surface area contributed by atoms with E-state index < -0.39 is 0 Å². The predicted molar refractivity (Wildman–Crippen MR) is 55.8 cm³/mol. The van der Waals surface area contributed by atoms with E-state index in [0.717, 1.165) is 0 Å². The molecule has 2 rings (SSSR count). The van der Waals surface area contributed by atoms with E-state index in [1.54, 1.807) is 30.5 Å². The number of nitrogens with zero attached hydrogens (tertiary/aromatic N) is 2. The molecule has 1 aliphatic carbocycles. The summed E-state index contributed by atoms with van der Waals surface area (Å²) in [6.45, 7) is 0. The Bertz CT molecular complexity index is 436. The molecular weight excluding hydrogens is 204 g/mol. The minimum Gasteiger partial charge on any atom is -0.412 e. The van der Waals surface area contributed by atoms with E-state index in [2.05, 4.69) is 10.2 Å². The van der Waals surface area contributed by atoms with Gasteiger partial charge in [0.1, 0.15) is 0 Å². The second kappa shape index (κ2) is 5.26. The van der Waals surface area contributed by atoms with Gasteiger partial charge in [-0.05, 0) is 24.3 Å². The summed E-state index contributed by atoms with van der Waals surface area (Å²) in [6, 6.07) is 8.39. The molecule has 0 saturated carbocycles. The first-order valence-electron chi connectivity index (χ1n) is 3.59. The fraction of sp³-hybridized carbons (Fsp3) is 0. The van der Waals surface area contributed by atoms with Crippen LogP contribution in [0.5, 0.6) is 0 Å². The molecular formula is C9H9ClN2O2. The summed E-state index contributed by atoms with van der Waals surface area (Å²) in [5.74, 6) is 0. The van der Waals surface area contributed by atoms with Crippen molar-refractivity contribution in [2.75, 3.05) is 0 Å². The van der Waals surface area contributed by atoms with E-state index in [0.29, 0.717) is 11.3 Å². The molecule has 0 spiro atoms. The Hall–Kier alpha value is -1.52. The van der Waals surface area contributed by atoms with Gasteiger partial charge in [0.15, 0.2) is 5.43 Å². The molecule has 0 aromatic carbocycles. The van der Waals surface area contributed by atoms with Crippen LogP contribution in [0.2, 0.25) is 0 Å². The van der Waals surface area contributed by atoms with Gasteiger partial charge in [0.05, 0.1) is 5.69 Å². The van der Waals surface area contributed by atoms with Gasteiger partial charge in [-0.15, -0.1) is 12.4 Å². The smallest absolute Gasteiger partial charge is 0.188 e. The van der Waals surface area contributed by atoms with Gasteiger partial charge >= 0.3 is 0 Å². The van der Waals surface area contributed by atoms with Crippen LogP contribution in [0.4, 0.5) is 0 Å². The maximum atomic E-state index is 11.2. The van der Waals surface area contributed by atoms with Gasteiger partial charge in [-0.25, -0.2) is 0 Å². The van der Waals surface area contributed by atoms with Crippen LogP contribution in [-0.2, 0) is 0 Å². The number of halogens is 1. The van der Waals surface area contributed by atoms with Crippen LogP contribution in [0.15, 0.2) is 41.3 Å². The van der Waals surface area contributed by atoms with E-state index in [-0.39, 0.29) is 23.3 Å². The molecule has 0 unspecified atom stereocenters. The third-order valence-corrected chi connectivity index (χ3v) is 1.62. The van der Waals surface area contributed by atoms with Gasteiger partial charge in [-0.1, -0.05) is 6.07 Å². The average molecular weight is 213 g/mol. The third-order valence-electron chi connectivity index (χ3n) is 1.62. The van der Waals surface area contributed by atoms with E-state index in [9.17, 15) is 4.79 Å². The normalized spacial score (nSPS) is 8.57. The number of hydrogen-bond donors (Lipinski definition) is 0. The standard InChI is InChI=1S/C9H6N2O.ClH.H2O/c12-9-5-1-4-8-7(9)3-2-6-10-11-8;;/h1-6H;1H;1H2. The van der Waals surface area contributed by atoms with Crippen molar-refractivity contribution in [3.05, 3.63) is 46.8 Å². The quantitative estimate of drug-likeness (QED) is 0.640. The van der Waals surface area contributed by atoms with Crippen molar-refractivity contribution in [3.63, 3.8) is 0 Å². The Balaban J connectivity index is 0.000000845. The Kier molecular flexibility index (Phi) is 4.69. The predicted octanol–water partition coefficient (Wildman–Crippen LogP) is 0.539. The van der Waals surface area contributed by atoms with Gasteiger partial charge in [-0.2, -0.15) is 10.2 Å². The van der Waals surface area contributed by atoms with Crippen molar-refractivity contribution in [2.24, 2.45) is 0 Å². The largest absolute Gasteiger partial charge is 0.412 e. The molecule has 0 atom stereocenters. The fourth-order valence-corrected chi connectivity index (χ4v) is 1.06. The van der Waals surface area contributed by atoms with E-state index in [1.807, 2.05) is 0 Å². The molecule has 0 aromatic rings. The Labute approximate surface area is 86.7 Å². The minimum atomic E-state index is -0.0157. The Morgan fingerprint density at radius 1 is 1.07 bits per heavy atom. The maximum Gasteiger partial charge on any atom is 0.188 e. The van der Waals surface area contributed by atoms with Crippen LogP contribution < -0.4 is 5.43 Å². The highest BCUT2D eigenvalue weighted by Crippen LogP contribution is 2.09. The van der Waals surface area contributed by atoms with Gasteiger partial charge in [0.25, 0.3) is 0 Å². The molecule has 0 fully saturated rings. The molecule has 0 bridgehead atoms. The molecule has 0 radical (unpaired) electrons. The van der Waals surface area contributed by atoms with Crippen LogP contribution in [0.3, 0.4) is 0 Å². The number of hydrogen-bond acceptors (Lipinski definition) is 3. The fourth-order valence-electron chi connectivity index (χ4n) is 1.06. The van der Waals surface area contributed by atoms with E-state index in [1.165, 1.54) is 6.07 Å². The highest BCUT2D eigenvalue weighted by atomic mass is 35.5. The molecule has 74 valence electrons. The monoisotopic (exact) mass is 212 g/mol. The summed E-state index contributed by atoms with van der Waals surface area (Å²) in [7, 11) is 0. The van der Waals surface area contributed by atoms with Gasteiger partial charge in [-0.3, -0.25) is 4.79 Å². The number of benzene rings is 1. The Morgan fingerprint density at radius 2 is 1.86 bits per heavy atom. The summed E-state index contributed by atoms with van der Waals surface area (Å²) in [4.78, 5) is 11.2. The lowest BCUT2D eigenvalue weighted by Crippen LogP contribution is -2.02. The summed E-state index contributed by atoms with van der Waals surface area (Å²) >= 11 is 0. The van der Waals surface area contributed by atoms with Crippen LogP contribution in [0.25, 0.3) is 11.3 Å². The van der Waals surface area contributed by atoms with Crippen LogP contribution in [0.1, 0.15) is 0 Å². The first kappa shape index (κ1) is 12.5. The molecule has 0 saturated heterocycles. The molecule has 1 aliphatic heterocycles. The van der Waals surface area contributed by atoms with Crippen molar-refractivity contribution in [3.8, 4) is 11.3 Å². The summed E-state index contributed by atoms with van der Waals surface area (Å²) in [6.07, 6.45) is 1.56. The average Bonchev–Trinajstić information content (AvgIpc) is 2.30. The molecule has 5 heteroatoms. The van der Waals surface area contributed by atoms with Crippen LogP contribution >= 0.6 is 12.4 Å². The van der Waals surface area contributed by atoms with Gasteiger partial charge in [0, 0.05) is 11.8 Å². The molecule has 4 nitrogen and oxygen atoms in total. The third kappa shape index (κ3) is 2.25. The lowest BCUT2D eigenvalue weighted by Gasteiger charge is -1.93. The van der Waals surface area contributed by atoms with Crippen LogP contribution in [0, 0.1) is 0 Å². The molecule has 0 aromatic heterocycles. The van der Waals surface area contributed by atoms with Crippen molar-refractivity contribution >= 4 is 12.4 Å². The summed E-state index contributed by atoms with van der Waals surface area (Å²) in [5, 5.41) is 7.58. The zero-order valence-electron chi connectivity index (χ0n) is 7.18. The molecule has 14 heavy (non-hydrogen) atoms. The van der Waals surface area contributed by atoms with Crippen molar-refractivity contribution in [1.82, 2.24) is 10.2 Å². The zero-order chi connectivity index (χ0) is 8.39. The van der Waals surface area contributed by atoms with Gasteiger partial charge in [0.2, 0.25) is 0 Å². The molecule has 2 N–H and O–H groups in total. The summed E-state index contributed by atoms with van der Waals surface area (Å²) < 4.78 is 0. The highest BCUT2D eigenvalue weighted by Gasteiger charge is 2.02. The maximum absolute atomic E-state index is 11.2. The number of aromatic nitrogens is 2. The molecule has 1 heterocycles. The molecule has 2 aliphatic rings. The lowest BCUT2D eigenvalue weighted by molar-refractivity contribution is 0.824. The molecule has 0 amide bonds. The van der Waals surface area contributed by atoms with Crippen molar-refractivity contribution in [1.29, 1.82) is 0 Å². The summed E-state index contributed by atoms with van der Waals surface area (Å²) in [5.41, 5.74) is 1.22.